The highest BCUT2D eigenvalue weighted by atomic mass is 16.6. The molecule has 6 heteroatoms. The standard InChI is InChI=1S/C72H134O6/c1-4-7-10-13-16-19-22-25-28-31-33-34-35-36-37-38-39-40-42-44-47-50-53-56-59-62-65-71(74)77-68-69(67-76-70(73)64-61-58-55-52-49-46-43-30-27-24-21-18-15-12-9-6-3)78-72(75)66-63-60-57-54-51-48-45-41-32-29-26-23-20-17-14-11-8-5-2/h20,23,29-30,32,43,69H,4-19,21-22,24-28,31,33-42,44-68H2,1-3H3/b23-20-,32-29-,43-30-. The van der Waals surface area contributed by atoms with Crippen LogP contribution in [0.4, 0.5) is 0 Å². The van der Waals surface area contributed by atoms with Crippen LogP contribution in [-0.2, 0) is 28.6 Å². The second kappa shape index (κ2) is 67.1. The summed E-state index contributed by atoms with van der Waals surface area (Å²) >= 11 is 0. The summed E-state index contributed by atoms with van der Waals surface area (Å²) in [6.45, 7) is 6.68. The molecule has 0 aliphatic heterocycles. The van der Waals surface area contributed by atoms with Crippen LogP contribution in [0.1, 0.15) is 387 Å². The highest BCUT2D eigenvalue weighted by Gasteiger charge is 2.19. The van der Waals surface area contributed by atoms with Gasteiger partial charge in [0.1, 0.15) is 13.2 Å². The summed E-state index contributed by atoms with van der Waals surface area (Å²) in [4.78, 5) is 38.4. The van der Waals surface area contributed by atoms with E-state index in [4.69, 9.17) is 14.2 Å². The Labute approximate surface area is 486 Å². The quantitative estimate of drug-likeness (QED) is 0.0261. The maximum atomic E-state index is 12.9. The van der Waals surface area contributed by atoms with Crippen molar-refractivity contribution in [1.29, 1.82) is 0 Å². The third-order valence-corrected chi connectivity index (χ3v) is 15.9. The summed E-state index contributed by atoms with van der Waals surface area (Å²) in [5, 5.41) is 0. The molecule has 1 atom stereocenters. The molecule has 0 fully saturated rings. The van der Waals surface area contributed by atoms with Gasteiger partial charge in [0.05, 0.1) is 0 Å². The fraction of sp³-hybridized carbons (Fsp3) is 0.875. The molecule has 0 rings (SSSR count). The van der Waals surface area contributed by atoms with Crippen molar-refractivity contribution in [3.8, 4) is 0 Å². The zero-order chi connectivity index (χ0) is 56.4. The molecule has 0 N–H and O–H groups in total. The van der Waals surface area contributed by atoms with Crippen molar-refractivity contribution in [2.24, 2.45) is 0 Å². The number of unbranched alkanes of at least 4 members (excludes halogenated alkanes) is 48. The fourth-order valence-corrected chi connectivity index (χ4v) is 10.6. The minimum atomic E-state index is -0.779. The van der Waals surface area contributed by atoms with Crippen LogP contribution in [0.25, 0.3) is 0 Å². The lowest BCUT2D eigenvalue weighted by atomic mass is 10.0. The van der Waals surface area contributed by atoms with Crippen molar-refractivity contribution in [3.05, 3.63) is 36.5 Å². The molecule has 0 aromatic carbocycles. The largest absolute Gasteiger partial charge is 0.462 e. The van der Waals surface area contributed by atoms with E-state index in [0.29, 0.717) is 19.3 Å². The normalized spacial score (nSPS) is 12.2. The number of esters is 3. The van der Waals surface area contributed by atoms with Crippen LogP contribution in [0.15, 0.2) is 36.5 Å². The number of hydrogen-bond acceptors (Lipinski definition) is 6. The zero-order valence-corrected chi connectivity index (χ0v) is 52.7. The van der Waals surface area contributed by atoms with Gasteiger partial charge in [-0.25, -0.2) is 0 Å². The zero-order valence-electron chi connectivity index (χ0n) is 52.7. The van der Waals surface area contributed by atoms with Crippen molar-refractivity contribution < 1.29 is 28.6 Å². The Bertz CT molecular complexity index is 1300. The van der Waals surface area contributed by atoms with Crippen molar-refractivity contribution >= 4 is 17.9 Å². The summed E-state index contributed by atoms with van der Waals surface area (Å²) in [5.74, 6) is -0.863. The van der Waals surface area contributed by atoms with E-state index < -0.39 is 6.10 Å². The van der Waals surface area contributed by atoms with Gasteiger partial charge in [0.2, 0.25) is 0 Å². The molecular weight excluding hydrogens is 961 g/mol. The van der Waals surface area contributed by atoms with E-state index in [1.165, 1.54) is 270 Å². The van der Waals surface area contributed by atoms with Crippen molar-refractivity contribution in [2.45, 2.75) is 393 Å². The van der Waals surface area contributed by atoms with E-state index in [2.05, 4.69) is 57.2 Å². The molecule has 0 bridgehead atoms. The van der Waals surface area contributed by atoms with Gasteiger partial charge in [0.25, 0.3) is 0 Å². The van der Waals surface area contributed by atoms with E-state index in [1.807, 2.05) is 0 Å². The Morgan fingerprint density at radius 2 is 0.462 bits per heavy atom. The third kappa shape index (κ3) is 64.5. The summed E-state index contributed by atoms with van der Waals surface area (Å²) in [6.07, 6.45) is 83.1. The second-order valence-corrected chi connectivity index (χ2v) is 23.8. The Kier molecular flexibility index (Phi) is 65.1. The van der Waals surface area contributed by atoms with Crippen LogP contribution in [0, 0.1) is 0 Å². The lowest BCUT2D eigenvalue weighted by Crippen LogP contribution is -2.30. The molecular formula is C72H134O6. The van der Waals surface area contributed by atoms with Gasteiger partial charge >= 0.3 is 17.9 Å². The van der Waals surface area contributed by atoms with Crippen molar-refractivity contribution in [1.82, 2.24) is 0 Å². The monoisotopic (exact) mass is 1100 g/mol. The van der Waals surface area contributed by atoms with E-state index in [-0.39, 0.29) is 31.1 Å². The summed E-state index contributed by atoms with van der Waals surface area (Å²) in [6, 6.07) is 0. The van der Waals surface area contributed by atoms with Crippen LogP contribution in [0.3, 0.4) is 0 Å². The highest BCUT2D eigenvalue weighted by Crippen LogP contribution is 2.18. The minimum absolute atomic E-state index is 0.0736. The molecule has 0 spiro atoms. The number of carbonyl (C=O) groups is 3. The van der Waals surface area contributed by atoms with Gasteiger partial charge in [0, 0.05) is 19.3 Å². The average Bonchev–Trinajstić information content (AvgIpc) is 3.44. The Hall–Kier alpha value is -2.37. The molecule has 0 aromatic rings. The Morgan fingerprint density at radius 1 is 0.256 bits per heavy atom. The molecule has 0 radical (unpaired) electrons. The second-order valence-electron chi connectivity index (χ2n) is 23.8. The summed E-state index contributed by atoms with van der Waals surface area (Å²) in [5.41, 5.74) is 0. The molecule has 78 heavy (non-hydrogen) atoms. The first-order chi connectivity index (χ1) is 38.5. The van der Waals surface area contributed by atoms with Crippen LogP contribution >= 0.6 is 0 Å². The fourth-order valence-electron chi connectivity index (χ4n) is 10.6. The van der Waals surface area contributed by atoms with Gasteiger partial charge in [-0.15, -0.1) is 0 Å². The molecule has 0 amide bonds. The molecule has 0 aliphatic carbocycles. The third-order valence-electron chi connectivity index (χ3n) is 15.9. The minimum Gasteiger partial charge on any atom is -0.462 e. The molecule has 0 heterocycles. The molecule has 6 nitrogen and oxygen atoms in total. The predicted octanol–water partition coefficient (Wildman–Crippen LogP) is 23.9. The Balaban J connectivity index is 4.26. The van der Waals surface area contributed by atoms with Gasteiger partial charge in [-0.3, -0.25) is 14.4 Å². The smallest absolute Gasteiger partial charge is 0.306 e. The van der Waals surface area contributed by atoms with Crippen LogP contribution in [-0.4, -0.2) is 37.2 Å². The molecule has 0 saturated heterocycles. The first kappa shape index (κ1) is 75.6. The van der Waals surface area contributed by atoms with Crippen LogP contribution < -0.4 is 0 Å². The van der Waals surface area contributed by atoms with E-state index in [9.17, 15) is 14.4 Å². The van der Waals surface area contributed by atoms with Crippen molar-refractivity contribution in [3.63, 3.8) is 0 Å². The van der Waals surface area contributed by atoms with Crippen LogP contribution in [0.5, 0.6) is 0 Å². The van der Waals surface area contributed by atoms with E-state index >= 15 is 0 Å². The Morgan fingerprint density at radius 3 is 0.731 bits per heavy atom. The number of hydrogen-bond donors (Lipinski definition) is 0. The first-order valence-corrected chi connectivity index (χ1v) is 35.0. The number of allylic oxidation sites excluding steroid dienone is 6. The topological polar surface area (TPSA) is 78.9 Å². The maximum Gasteiger partial charge on any atom is 0.306 e. The molecule has 0 aromatic heterocycles. The van der Waals surface area contributed by atoms with Crippen molar-refractivity contribution in [2.75, 3.05) is 13.2 Å². The van der Waals surface area contributed by atoms with Crippen LogP contribution in [0.2, 0.25) is 0 Å². The first-order valence-electron chi connectivity index (χ1n) is 35.0. The molecule has 0 saturated carbocycles. The van der Waals surface area contributed by atoms with Gasteiger partial charge in [-0.1, -0.05) is 327 Å². The predicted molar refractivity (Wildman–Crippen MR) is 339 cm³/mol. The van der Waals surface area contributed by atoms with Gasteiger partial charge in [-0.05, 0) is 77.0 Å². The average molecular weight is 1100 g/mol. The SMILES string of the molecule is CCCCCC/C=C\C/C=C\CCCCCCCCCC(=O)OC(COC(=O)CCCCCCC/C=C\CCCCCCCCC)COC(=O)CCCCCCCCCCCCCCCCCCCCCCCCCCCC. The van der Waals surface area contributed by atoms with E-state index in [1.54, 1.807) is 0 Å². The van der Waals surface area contributed by atoms with Gasteiger partial charge in [0.15, 0.2) is 6.10 Å². The molecule has 1 unspecified atom stereocenters. The number of ether oxygens (including phenoxy) is 3. The lowest BCUT2D eigenvalue weighted by molar-refractivity contribution is -0.167. The van der Waals surface area contributed by atoms with Gasteiger partial charge < -0.3 is 14.2 Å². The number of carbonyl (C=O) groups excluding carboxylic acids is 3. The number of rotatable bonds is 65. The summed E-state index contributed by atoms with van der Waals surface area (Å²) < 4.78 is 17.0. The highest BCUT2D eigenvalue weighted by molar-refractivity contribution is 5.71. The van der Waals surface area contributed by atoms with Gasteiger partial charge in [-0.2, -0.15) is 0 Å². The molecule has 0 aliphatic rings. The molecule has 458 valence electrons. The maximum absolute atomic E-state index is 12.9. The lowest BCUT2D eigenvalue weighted by Gasteiger charge is -2.18. The summed E-state index contributed by atoms with van der Waals surface area (Å²) in [7, 11) is 0. The van der Waals surface area contributed by atoms with E-state index in [0.717, 1.165) is 77.0 Å².